The molecule has 1 saturated heterocycles. The summed E-state index contributed by atoms with van der Waals surface area (Å²) in [6.07, 6.45) is 3.00. The van der Waals surface area contributed by atoms with E-state index in [4.69, 9.17) is 11.6 Å². The zero-order chi connectivity index (χ0) is 17.8. The van der Waals surface area contributed by atoms with Crippen LogP contribution in [0.25, 0.3) is 0 Å². The third-order valence-electron chi connectivity index (χ3n) is 4.86. The molecule has 25 heavy (non-hydrogen) atoms. The number of amides is 2. The molecular weight excluding hydrogens is 354 g/mol. The van der Waals surface area contributed by atoms with Crippen LogP contribution in [0.5, 0.6) is 0 Å². The number of carbonyl (C=O) groups is 1. The molecular formula is C19H28ClN3OS. The van der Waals surface area contributed by atoms with Crippen molar-refractivity contribution in [2.24, 2.45) is 5.92 Å². The van der Waals surface area contributed by atoms with E-state index in [0.29, 0.717) is 5.92 Å². The summed E-state index contributed by atoms with van der Waals surface area (Å²) in [5, 5.41) is 7.05. The quantitative estimate of drug-likeness (QED) is 0.817. The lowest BCUT2D eigenvalue weighted by molar-refractivity contribution is 0.177. The first kappa shape index (κ1) is 18.9. The minimum absolute atomic E-state index is 0.0508. The fraction of sp³-hybridized carbons (Fsp3) is 0.632. The second-order valence-electron chi connectivity index (χ2n) is 7.46. The molecule has 1 aromatic rings. The summed E-state index contributed by atoms with van der Waals surface area (Å²) in [6, 6.07) is 6.24. The Bertz CT molecular complexity index is 602. The van der Waals surface area contributed by atoms with E-state index in [1.165, 1.54) is 4.90 Å². The third-order valence-corrected chi connectivity index (χ3v) is 6.22. The van der Waals surface area contributed by atoms with E-state index in [1.54, 1.807) is 0 Å². The SMILES string of the molecule is CC(C)CN1CCC(NC(=O)N[C@@H]2CCSc3ccc(Cl)cc32)CC1. The van der Waals surface area contributed by atoms with Gasteiger partial charge < -0.3 is 15.5 Å². The van der Waals surface area contributed by atoms with E-state index >= 15 is 0 Å². The van der Waals surface area contributed by atoms with Crippen LogP contribution in [-0.4, -0.2) is 42.4 Å². The zero-order valence-electron chi connectivity index (χ0n) is 15.1. The number of carbonyl (C=O) groups excluding carboxylic acids is 1. The van der Waals surface area contributed by atoms with Crippen molar-refractivity contribution in [2.75, 3.05) is 25.4 Å². The van der Waals surface area contributed by atoms with Gasteiger partial charge in [-0.3, -0.25) is 0 Å². The lowest BCUT2D eigenvalue weighted by Gasteiger charge is -2.34. The average molecular weight is 382 g/mol. The van der Waals surface area contributed by atoms with Crippen molar-refractivity contribution in [2.45, 2.75) is 50.1 Å². The van der Waals surface area contributed by atoms with Crippen LogP contribution >= 0.6 is 23.4 Å². The van der Waals surface area contributed by atoms with E-state index in [0.717, 1.165) is 55.2 Å². The Balaban J connectivity index is 1.50. The summed E-state index contributed by atoms with van der Waals surface area (Å²) in [4.78, 5) is 16.2. The molecule has 2 aliphatic rings. The standard InChI is InChI=1S/C19H28ClN3OS/c1-13(2)12-23-8-5-15(6-9-23)21-19(24)22-17-7-10-25-18-4-3-14(20)11-16(17)18/h3-4,11,13,15,17H,5-10,12H2,1-2H3,(H2,21,22,24)/t17-/m1/s1. The molecule has 4 nitrogen and oxygen atoms in total. The second kappa shape index (κ2) is 8.65. The number of piperidine rings is 1. The lowest BCUT2D eigenvalue weighted by Crippen LogP contribution is -2.49. The number of urea groups is 1. The zero-order valence-corrected chi connectivity index (χ0v) is 16.6. The van der Waals surface area contributed by atoms with Gasteiger partial charge >= 0.3 is 6.03 Å². The van der Waals surface area contributed by atoms with Gasteiger partial charge in [0.2, 0.25) is 0 Å². The fourth-order valence-electron chi connectivity index (χ4n) is 3.68. The van der Waals surface area contributed by atoms with Crippen LogP contribution in [-0.2, 0) is 0 Å². The van der Waals surface area contributed by atoms with Crippen LogP contribution in [0, 0.1) is 5.92 Å². The van der Waals surface area contributed by atoms with E-state index in [1.807, 2.05) is 23.9 Å². The lowest BCUT2D eigenvalue weighted by atomic mass is 10.0. The molecule has 0 saturated carbocycles. The number of thioether (sulfide) groups is 1. The Hall–Kier alpha value is -0.910. The van der Waals surface area contributed by atoms with Crippen molar-refractivity contribution in [1.82, 2.24) is 15.5 Å². The van der Waals surface area contributed by atoms with Gasteiger partial charge in [0.15, 0.2) is 0 Å². The van der Waals surface area contributed by atoms with Crippen LogP contribution < -0.4 is 10.6 Å². The van der Waals surface area contributed by atoms with Gasteiger partial charge in [-0.15, -0.1) is 11.8 Å². The smallest absolute Gasteiger partial charge is 0.315 e. The van der Waals surface area contributed by atoms with Crippen LogP contribution in [0.15, 0.2) is 23.1 Å². The molecule has 0 aromatic heterocycles. The third kappa shape index (κ3) is 5.28. The number of fused-ring (bicyclic) bond motifs is 1. The van der Waals surface area contributed by atoms with Crippen LogP contribution in [0.4, 0.5) is 4.79 Å². The van der Waals surface area contributed by atoms with Gasteiger partial charge in [0.1, 0.15) is 0 Å². The predicted molar refractivity (Wildman–Crippen MR) is 106 cm³/mol. The van der Waals surface area contributed by atoms with Gasteiger partial charge in [-0.1, -0.05) is 25.4 Å². The average Bonchev–Trinajstić information content (AvgIpc) is 2.57. The first-order valence-electron chi connectivity index (χ1n) is 9.23. The number of hydrogen-bond donors (Lipinski definition) is 2. The van der Waals surface area contributed by atoms with E-state index in [2.05, 4.69) is 35.4 Å². The number of benzene rings is 1. The van der Waals surface area contributed by atoms with Crippen molar-refractivity contribution >= 4 is 29.4 Å². The van der Waals surface area contributed by atoms with Crippen molar-refractivity contribution in [3.8, 4) is 0 Å². The summed E-state index contributed by atoms with van der Waals surface area (Å²) >= 11 is 7.97. The van der Waals surface area contributed by atoms with Crippen molar-refractivity contribution < 1.29 is 4.79 Å². The molecule has 1 fully saturated rings. The van der Waals surface area contributed by atoms with Crippen LogP contribution in [0.1, 0.15) is 44.7 Å². The molecule has 2 heterocycles. The number of likely N-dealkylation sites (tertiary alicyclic amines) is 1. The van der Waals surface area contributed by atoms with Gasteiger partial charge in [0, 0.05) is 41.3 Å². The van der Waals surface area contributed by atoms with Gasteiger partial charge in [0.25, 0.3) is 0 Å². The Morgan fingerprint density at radius 2 is 2.04 bits per heavy atom. The maximum atomic E-state index is 12.5. The highest BCUT2D eigenvalue weighted by atomic mass is 35.5. The summed E-state index contributed by atoms with van der Waals surface area (Å²) in [5.41, 5.74) is 1.14. The highest BCUT2D eigenvalue weighted by Gasteiger charge is 2.25. The van der Waals surface area contributed by atoms with Gasteiger partial charge in [0.05, 0.1) is 6.04 Å². The van der Waals surface area contributed by atoms with Crippen molar-refractivity contribution in [3.05, 3.63) is 28.8 Å². The largest absolute Gasteiger partial charge is 0.335 e. The minimum Gasteiger partial charge on any atom is -0.335 e. The molecule has 2 N–H and O–H groups in total. The van der Waals surface area contributed by atoms with Gasteiger partial charge in [-0.25, -0.2) is 4.79 Å². The highest BCUT2D eigenvalue weighted by Crippen LogP contribution is 2.37. The molecule has 0 bridgehead atoms. The van der Waals surface area contributed by atoms with Gasteiger partial charge in [-0.2, -0.15) is 0 Å². The monoisotopic (exact) mass is 381 g/mol. The molecule has 0 radical (unpaired) electrons. The molecule has 2 aliphatic heterocycles. The second-order valence-corrected chi connectivity index (χ2v) is 9.03. The molecule has 1 aromatic carbocycles. The first-order valence-corrected chi connectivity index (χ1v) is 10.6. The van der Waals surface area contributed by atoms with Crippen LogP contribution in [0.3, 0.4) is 0 Å². The maximum Gasteiger partial charge on any atom is 0.315 e. The molecule has 0 aliphatic carbocycles. The fourth-order valence-corrected chi connectivity index (χ4v) is 4.96. The van der Waals surface area contributed by atoms with E-state index < -0.39 is 0 Å². The highest BCUT2D eigenvalue weighted by molar-refractivity contribution is 7.99. The topological polar surface area (TPSA) is 44.4 Å². The molecule has 1 atom stereocenters. The molecule has 3 rings (SSSR count). The van der Waals surface area contributed by atoms with E-state index in [-0.39, 0.29) is 18.1 Å². The van der Waals surface area contributed by atoms with Crippen LogP contribution in [0.2, 0.25) is 5.02 Å². The summed E-state index contributed by atoms with van der Waals surface area (Å²) in [7, 11) is 0. The number of nitrogens with zero attached hydrogens (tertiary/aromatic N) is 1. The first-order chi connectivity index (χ1) is 12.0. The predicted octanol–water partition coefficient (Wildman–Crippen LogP) is 4.30. The molecule has 0 unspecified atom stereocenters. The molecule has 6 heteroatoms. The Labute approximate surface area is 160 Å². The Kier molecular flexibility index (Phi) is 6.53. The number of nitrogens with one attached hydrogen (secondary N) is 2. The normalized spacial score (nSPS) is 21.8. The van der Waals surface area contributed by atoms with Crippen molar-refractivity contribution in [3.63, 3.8) is 0 Å². The summed E-state index contributed by atoms with van der Waals surface area (Å²) < 4.78 is 0. The van der Waals surface area contributed by atoms with Gasteiger partial charge in [-0.05, 0) is 48.9 Å². The maximum absolute atomic E-state index is 12.5. The summed E-state index contributed by atoms with van der Waals surface area (Å²) in [5.74, 6) is 1.72. The molecule has 0 spiro atoms. The van der Waals surface area contributed by atoms with E-state index in [9.17, 15) is 4.79 Å². The number of hydrogen-bond acceptors (Lipinski definition) is 3. The Morgan fingerprint density at radius 1 is 1.28 bits per heavy atom. The molecule has 138 valence electrons. The molecule has 2 amide bonds. The minimum atomic E-state index is -0.0508. The van der Waals surface area contributed by atoms with Crippen molar-refractivity contribution in [1.29, 1.82) is 0 Å². The number of rotatable bonds is 4. The summed E-state index contributed by atoms with van der Waals surface area (Å²) in [6.45, 7) is 7.80. The number of halogens is 1. The Morgan fingerprint density at radius 3 is 2.76 bits per heavy atom.